The molecule has 1 aromatic carbocycles. The maximum Gasteiger partial charge on any atom is 0.155 e. The number of hydrogen-bond donors (Lipinski definition) is 1. The van der Waals surface area contributed by atoms with Crippen LogP contribution in [0.15, 0.2) is 16.2 Å². The summed E-state index contributed by atoms with van der Waals surface area (Å²) in [7, 11) is 0. The third kappa shape index (κ3) is 1.97. The number of benzene rings is 1. The fraction of sp³-hybridized carbons (Fsp3) is 0. The molecular weight excluding hydrogens is 265 g/mol. The van der Waals surface area contributed by atoms with Gasteiger partial charge in [-0.25, -0.2) is 8.78 Å². The fourth-order valence-corrected chi connectivity index (χ4v) is 1.14. The Morgan fingerprint density at radius 3 is 2.62 bits per heavy atom. The van der Waals surface area contributed by atoms with Gasteiger partial charge < -0.3 is 5.73 Å². The average molecular weight is 269 g/mol. The minimum atomic E-state index is -0.914. The Balaban J connectivity index is 3.42. The Labute approximate surface area is 86.7 Å². The summed E-state index contributed by atoms with van der Waals surface area (Å²) >= 11 is 8.05. The molecule has 13 heavy (non-hydrogen) atoms. The van der Waals surface area contributed by atoms with Crippen molar-refractivity contribution in [3.63, 3.8) is 0 Å². The summed E-state index contributed by atoms with van der Waals surface area (Å²) in [6.45, 7) is 0. The summed E-state index contributed by atoms with van der Waals surface area (Å²) in [4.78, 5) is 0. The lowest BCUT2D eigenvalue weighted by molar-refractivity contribution is 0.579. The number of nitrogens with two attached hydrogens (primary N) is 1. The van der Waals surface area contributed by atoms with Crippen LogP contribution in [-0.4, -0.2) is 5.84 Å². The first kappa shape index (κ1) is 10.4. The molecule has 0 heterocycles. The molecule has 0 saturated carbocycles. The molecule has 0 aliphatic rings. The highest BCUT2D eigenvalue weighted by Gasteiger charge is 2.15. The molecule has 0 saturated heterocycles. The minimum absolute atomic E-state index is 0.199. The van der Waals surface area contributed by atoms with Crippen LogP contribution in [0.3, 0.4) is 0 Å². The van der Waals surface area contributed by atoms with E-state index in [9.17, 15) is 8.78 Å². The lowest BCUT2D eigenvalue weighted by atomic mass is 10.2. The molecule has 0 radical (unpaired) electrons. The van der Waals surface area contributed by atoms with E-state index in [0.29, 0.717) is 0 Å². The highest BCUT2D eigenvalue weighted by Crippen LogP contribution is 2.20. The van der Waals surface area contributed by atoms with Crippen molar-refractivity contribution in [2.75, 3.05) is 0 Å². The van der Waals surface area contributed by atoms with Crippen molar-refractivity contribution in [3.05, 3.63) is 34.4 Å². The van der Waals surface area contributed by atoms with E-state index in [-0.39, 0.29) is 10.9 Å². The molecule has 0 unspecified atom stereocenters. The molecule has 0 spiro atoms. The topological polar surface area (TPSA) is 38.4 Å². The van der Waals surface area contributed by atoms with Crippen LogP contribution in [0.1, 0.15) is 5.56 Å². The third-order valence-corrected chi connectivity index (χ3v) is 2.07. The van der Waals surface area contributed by atoms with Crippen molar-refractivity contribution in [1.82, 2.24) is 0 Å². The first-order valence-corrected chi connectivity index (χ1v) is 4.25. The predicted octanol–water partition coefficient (Wildman–Crippen LogP) is 2.63. The molecule has 0 fully saturated rings. The van der Waals surface area contributed by atoms with Crippen molar-refractivity contribution in [2.24, 2.45) is 9.75 Å². The lowest BCUT2D eigenvalue weighted by Crippen LogP contribution is -2.16. The average Bonchev–Trinajstić information content (AvgIpc) is 2.12. The largest absolute Gasteiger partial charge is 0.383 e. The van der Waals surface area contributed by atoms with Gasteiger partial charge in [-0.2, -0.15) is 4.02 Å². The van der Waals surface area contributed by atoms with Gasteiger partial charge in [0.2, 0.25) is 0 Å². The van der Waals surface area contributed by atoms with E-state index in [1.165, 1.54) is 0 Å². The summed E-state index contributed by atoms with van der Waals surface area (Å²) in [5.74, 6) is -2.01. The van der Waals surface area contributed by atoms with Gasteiger partial charge >= 0.3 is 0 Å². The number of hydrogen-bond acceptors (Lipinski definition) is 1. The van der Waals surface area contributed by atoms with Gasteiger partial charge in [-0.3, -0.25) is 0 Å². The summed E-state index contributed by atoms with van der Waals surface area (Å²) in [6, 6.07) is 2.13. The molecule has 0 aromatic heterocycles. The van der Waals surface area contributed by atoms with Crippen LogP contribution in [0.4, 0.5) is 8.78 Å². The van der Waals surface area contributed by atoms with E-state index >= 15 is 0 Å². The monoisotopic (exact) mass is 268 g/mol. The molecule has 0 bridgehead atoms. The molecule has 2 nitrogen and oxygen atoms in total. The van der Waals surface area contributed by atoms with Crippen LogP contribution in [0.2, 0.25) is 5.02 Å². The van der Waals surface area contributed by atoms with Gasteiger partial charge in [-0.1, -0.05) is 11.6 Å². The zero-order valence-corrected chi connectivity index (χ0v) is 8.53. The van der Waals surface area contributed by atoms with Gasteiger partial charge in [-0.15, -0.1) is 0 Å². The first-order chi connectivity index (χ1) is 6.07. The number of halogens is 4. The predicted molar refractivity (Wildman–Crippen MR) is 51.0 cm³/mol. The van der Waals surface area contributed by atoms with Crippen molar-refractivity contribution < 1.29 is 8.78 Å². The molecule has 0 aliphatic carbocycles. The molecule has 2 N–H and O–H groups in total. The molecular formula is C7H4BrClF2N2. The SMILES string of the molecule is NC(=NBr)c1c(F)ccc(Cl)c1F. The Bertz CT molecular complexity index is 368. The normalized spacial score (nSPS) is 11.8. The van der Waals surface area contributed by atoms with Gasteiger partial charge in [0, 0.05) is 0 Å². The van der Waals surface area contributed by atoms with Crippen molar-refractivity contribution >= 4 is 33.6 Å². The fourth-order valence-electron chi connectivity index (χ4n) is 0.804. The minimum Gasteiger partial charge on any atom is -0.383 e. The Kier molecular flexibility index (Phi) is 3.22. The molecule has 70 valence electrons. The highest BCUT2D eigenvalue weighted by atomic mass is 79.9. The van der Waals surface area contributed by atoms with Crippen LogP contribution in [0, 0.1) is 11.6 Å². The summed E-state index contributed by atoms with van der Waals surface area (Å²) < 4.78 is 29.4. The van der Waals surface area contributed by atoms with Gasteiger partial charge in [0.1, 0.15) is 11.7 Å². The molecule has 1 rings (SSSR count). The van der Waals surface area contributed by atoms with E-state index in [4.69, 9.17) is 17.3 Å². The van der Waals surface area contributed by atoms with Gasteiger partial charge in [-0.05, 0) is 12.1 Å². The van der Waals surface area contributed by atoms with E-state index in [0.717, 1.165) is 12.1 Å². The second-order valence-electron chi connectivity index (χ2n) is 2.19. The molecule has 0 aliphatic heterocycles. The lowest BCUT2D eigenvalue weighted by Gasteiger charge is -2.03. The van der Waals surface area contributed by atoms with E-state index < -0.39 is 17.2 Å². The van der Waals surface area contributed by atoms with Crippen LogP contribution in [0.25, 0.3) is 0 Å². The standard InChI is InChI=1S/C7H4BrClF2N2/c8-13-7(12)5-4(10)2-1-3(9)6(5)11/h1-2H,(H2,12,13). The maximum absolute atomic E-state index is 13.1. The Hall–Kier alpha value is -0.680. The third-order valence-electron chi connectivity index (χ3n) is 1.39. The molecule has 1 aromatic rings. The van der Waals surface area contributed by atoms with Crippen molar-refractivity contribution in [3.8, 4) is 0 Å². The van der Waals surface area contributed by atoms with E-state index in [1.54, 1.807) is 0 Å². The highest BCUT2D eigenvalue weighted by molar-refractivity contribution is 9.08. The van der Waals surface area contributed by atoms with Gasteiger partial charge in [0.05, 0.1) is 26.7 Å². The van der Waals surface area contributed by atoms with Crippen LogP contribution < -0.4 is 5.73 Å². The van der Waals surface area contributed by atoms with E-state index in [2.05, 4.69) is 20.2 Å². The van der Waals surface area contributed by atoms with Crippen LogP contribution in [-0.2, 0) is 0 Å². The molecule has 6 heteroatoms. The van der Waals surface area contributed by atoms with Crippen LogP contribution in [0.5, 0.6) is 0 Å². The smallest absolute Gasteiger partial charge is 0.155 e. The summed E-state index contributed by atoms with van der Waals surface area (Å²) in [5, 5.41) is -0.199. The number of rotatable bonds is 1. The maximum atomic E-state index is 13.1. The van der Waals surface area contributed by atoms with Gasteiger partial charge in [0.15, 0.2) is 5.82 Å². The quantitative estimate of drug-likeness (QED) is 0.475. The summed E-state index contributed by atoms with van der Waals surface area (Å²) in [5.41, 5.74) is 4.80. The summed E-state index contributed by atoms with van der Waals surface area (Å²) in [6.07, 6.45) is 0. The number of amidine groups is 1. The van der Waals surface area contributed by atoms with Crippen LogP contribution >= 0.6 is 27.7 Å². The Morgan fingerprint density at radius 1 is 1.46 bits per heavy atom. The molecule has 0 atom stereocenters. The van der Waals surface area contributed by atoms with Crippen molar-refractivity contribution in [1.29, 1.82) is 0 Å². The van der Waals surface area contributed by atoms with Gasteiger partial charge in [0.25, 0.3) is 0 Å². The second kappa shape index (κ2) is 4.02. The Morgan fingerprint density at radius 2 is 2.08 bits per heavy atom. The molecule has 0 amide bonds. The van der Waals surface area contributed by atoms with E-state index in [1.807, 2.05) is 0 Å². The zero-order valence-electron chi connectivity index (χ0n) is 6.19. The first-order valence-electron chi connectivity index (χ1n) is 3.16. The number of nitrogens with zero attached hydrogens (tertiary/aromatic N) is 1. The second-order valence-corrected chi connectivity index (χ2v) is 2.95. The van der Waals surface area contributed by atoms with Crippen molar-refractivity contribution in [2.45, 2.75) is 0 Å². The zero-order chi connectivity index (χ0) is 10.0.